The smallest absolute Gasteiger partial charge is 0.255 e. The molecule has 0 radical (unpaired) electrons. The fourth-order valence-corrected chi connectivity index (χ4v) is 5.61. The van der Waals surface area contributed by atoms with Gasteiger partial charge in [-0.15, -0.1) is 0 Å². The Kier molecular flexibility index (Phi) is 7.57. The highest BCUT2D eigenvalue weighted by Gasteiger charge is 2.24. The monoisotopic (exact) mass is 558 g/mol. The van der Waals surface area contributed by atoms with Crippen LogP contribution in [0.1, 0.15) is 15.9 Å². The first kappa shape index (κ1) is 27.0. The number of aryl methyl sites for hydroxylation is 1. The summed E-state index contributed by atoms with van der Waals surface area (Å²) in [4.78, 5) is 13.0. The van der Waals surface area contributed by atoms with E-state index in [0.29, 0.717) is 40.0 Å². The van der Waals surface area contributed by atoms with Gasteiger partial charge in [0.15, 0.2) is 0 Å². The van der Waals surface area contributed by atoms with E-state index in [-0.39, 0.29) is 23.0 Å². The minimum Gasteiger partial charge on any atom is -0.497 e. The predicted octanol–water partition coefficient (Wildman–Crippen LogP) is 6.26. The molecular weight excluding hydrogens is 531 g/mol. The number of ether oxygens (including phenoxy) is 1. The number of benzene rings is 4. The number of hydrogen-bond acceptors (Lipinski definition) is 5. The van der Waals surface area contributed by atoms with Crippen LogP contribution in [0.25, 0.3) is 33.4 Å². The molecule has 7 nitrogen and oxygen atoms in total. The molecule has 0 saturated carbocycles. The van der Waals surface area contributed by atoms with Crippen molar-refractivity contribution in [1.29, 1.82) is 0 Å². The van der Waals surface area contributed by atoms with E-state index in [0.717, 1.165) is 11.1 Å². The van der Waals surface area contributed by atoms with Crippen molar-refractivity contribution in [2.45, 2.75) is 6.42 Å². The third kappa shape index (κ3) is 5.69. The summed E-state index contributed by atoms with van der Waals surface area (Å²) >= 11 is 0. The standard InChI is InChI=1S/C31H27FN2O5S/c1-33-31(35)29-26-18-25(21-6-4-3-5-7-21)27(19-28(26)39-30(29)22-10-12-23(32)13-11-22)34-40(36,37)17-16-20-8-14-24(38-2)15-9-20/h3-15,18-19,34H,16-17H2,1-2H3,(H,33,35). The van der Waals surface area contributed by atoms with Crippen LogP contribution in [0.4, 0.5) is 10.1 Å². The van der Waals surface area contributed by atoms with Gasteiger partial charge in [0.25, 0.3) is 5.91 Å². The molecule has 2 N–H and O–H groups in total. The van der Waals surface area contributed by atoms with E-state index in [1.807, 2.05) is 42.5 Å². The minimum atomic E-state index is -3.77. The Morgan fingerprint density at radius 1 is 0.925 bits per heavy atom. The summed E-state index contributed by atoms with van der Waals surface area (Å²) in [6, 6.07) is 25.5. The lowest BCUT2D eigenvalue weighted by Gasteiger charge is -2.14. The van der Waals surface area contributed by atoms with E-state index in [1.165, 1.54) is 31.3 Å². The van der Waals surface area contributed by atoms with Crippen molar-refractivity contribution in [2.75, 3.05) is 24.6 Å². The molecule has 0 aliphatic rings. The Morgan fingerprint density at radius 3 is 2.27 bits per heavy atom. The normalized spacial score (nSPS) is 11.4. The molecule has 0 spiro atoms. The van der Waals surface area contributed by atoms with E-state index in [4.69, 9.17) is 9.15 Å². The van der Waals surface area contributed by atoms with Crippen LogP contribution in [0.3, 0.4) is 0 Å². The summed E-state index contributed by atoms with van der Waals surface area (Å²) in [6.07, 6.45) is 0.304. The molecule has 1 heterocycles. The summed E-state index contributed by atoms with van der Waals surface area (Å²) in [5.74, 6) is 0.00518. The van der Waals surface area contributed by atoms with Crippen LogP contribution in [0.5, 0.6) is 5.75 Å². The molecule has 5 rings (SSSR count). The van der Waals surface area contributed by atoms with Crippen molar-refractivity contribution in [3.63, 3.8) is 0 Å². The Morgan fingerprint density at radius 2 is 1.62 bits per heavy atom. The van der Waals surface area contributed by atoms with E-state index >= 15 is 0 Å². The molecule has 0 fully saturated rings. The number of furan rings is 1. The number of carbonyl (C=O) groups excluding carboxylic acids is 1. The number of halogens is 1. The highest BCUT2D eigenvalue weighted by Crippen LogP contribution is 2.40. The summed E-state index contributed by atoms with van der Waals surface area (Å²) in [5, 5.41) is 3.14. The number of rotatable bonds is 9. The second kappa shape index (κ2) is 11.2. The lowest BCUT2D eigenvalue weighted by molar-refractivity contribution is 0.0964. The number of hydrogen-bond donors (Lipinski definition) is 2. The van der Waals surface area contributed by atoms with Crippen LogP contribution >= 0.6 is 0 Å². The van der Waals surface area contributed by atoms with Gasteiger partial charge in [-0.1, -0.05) is 42.5 Å². The summed E-state index contributed by atoms with van der Waals surface area (Å²) in [6.45, 7) is 0. The molecule has 4 aromatic carbocycles. The molecule has 1 aromatic heterocycles. The lowest BCUT2D eigenvalue weighted by Crippen LogP contribution is -2.19. The number of sulfonamides is 1. The first-order chi connectivity index (χ1) is 19.3. The number of amides is 1. The molecule has 0 atom stereocenters. The van der Waals surface area contributed by atoms with E-state index in [9.17, 15) is 17.6 Å². The zero-order valence-corrected chi connectivity index (χ0v) is 22.7. The second-order valence-corrected chi connectivity index (χ2v) is 11.0. The molecule has 0 unspecified atom stereocenters. The highest BCUT2D eigenvalue weighted by molar-refractivity contribution is 7.92. The van der Waals surface area contributed by atoms with Crippen LogP contribution in [0, 0.1) is 5.82 Å². The van der Waals surface area contributed by atoms with Crippen LogP contribution in [-0.4, -0.2) is 34.2 Å². The van der Waals surface area contributed by atoms with Gasteiger partial charge < -0.3 is 14.5 Å². The minimum absolute atomic E-state index is 0.145. The van der Waals surface area contributed by atoms with Crippen molar-refractivity contribution in [3.05, 3.63) is 108 Å². The number of methoxy groups -OCH3 is 1. The van der Waals surface area contributed by atoms with Gasteiger partial charge in [0.1, 0.15) is 22.9 Å². The first-order valence-electron chi connectivity index (χ1n) is 12.6. The zero-order chi connectivity index (χ0) is 28.3. The molecule has 5 aromatic rings. The Hall–Kier alpha value is -4.63. The average molecular weight is 559 g/mol. The van der Waals surface area contributed by atoms with Gasteiger partial charge in [-0.25, -0.2) is 12.8 Å². The van der Waals surface area contributed by atoms with Crippen molar-refractivity contribution in [2.24, 2.45) is 0 Å². The van der Waals surface area contributed by atoms with Gasteiger partial charge in [0, 0.05) is 29.6 Å². The predicted molar refractivity (Wildman–Crippen MR) is 155 cm³/mol. The van der Waals surface area contributed by atoms with Gasteiger partial charge in [0.05, 0.1) is 24.1 Å². The van der Waals surface area contributed by atoms with Crippen molar-refractivity contribution in [1.82, 2.24) is 5.32 Å². The maximum atomic E-state index is 13.6. The van der Waals surface area contributed by atoms with Gasteiger partial charge in [-0.3, -0.25) is 9.52 Å². The fraction of sp³-hybridized carbons (Fsp3) is 0.129. The van der Waals surface area contributed by atoms with Gasteiger partial charge in [-0.05, 0) is 60.0 Å². The largest absolute Gasteiger partial charge is 0.497 e. The summed E-state index contributed by atoms with van der Waals surface area (Å²) < 4.78 is 54.1. The maximum absolute atomic E-state index is 13.6. The molecule has 9 heteroatoms. The van der Waals surface area contributed by atoms with Gasteiger partial charge in [-0.2, -0.15) is 0 Å². The Labute approximate surface area is 231 Å². The number of fused-ring (bicyclic) bond motifs is 1. The SMILES string of the molecule is CNC(=O)c1c(-c2ccc(F)cc2)oc2cc(NS(=O)(=O)CCc3ccc(OC)cc3)c(-c3ccccc3)cc12. The first-order valence-corrected chi connectivity index (χ1v) is 14.2. The molecule has 0 aliphatic heterocycles. The van der Waals surface area contributed by atoms with Gasteiger partial charge in [0.2, 0.25) is 10.0 Å². The van der Waals surface area contributed by atoms with Crippen LogP contribution in [-0.2, 0) is 16.4 Å². The summed E-state index contributed by atoms with van der Waals surface area (Å²) in [5.41, 5.74) is 3.61. The Balaban J connectivity index is 1.59. The summed E-state index contributed by atoms with van der Waals surface area (Å²) in [7, 11) is -0.687. The quantitative estimate of drug-likeness (QED) is 0.223. The molecule has 204 valence electrons. The van der Waals surface area contributed by atoms with Crippen molar-refractivity contribution >= 4 is 32.6 Å². The highest BCUT2D eigenvalue weighted by atomic mass is 32.2. The van der Waals surface area contributed by atoms with Crippen molar-refractivity contribution < 1.29 is 26.8 Å². The Bertz CT molecular complexity index is 1770. The third-order valence-corrected chi connectivity index (χ3v) is 7.83. The van der Waals surface area contributed by atoms with E-state index < -0.39 is 15.8 Å². The molecule has 1 amide bonds. The van der Waals surface area contributed by atoms with Crippen LogP contribution in [0.2, 0.25) is 0 Å². The third-order valence-electron chi connectivity index (χ3n) is 6.56. The number of anilines is 1. The van der Waals surface area contributed by atoms with Crippen LogP contribution in [0.15, 0.2) is 95.4 Å². The number of nitrogens with one attached hydrogen (secondary N) is 2. The van der Waals surface area contributed by atoms with E-state index in [2.05, 4.69) is 10.0 Å². The molecule has 0 saturated heterocycles. The topological polar surface area (TPSA) is 97.6 Å². The molecule has 40 heavy (non-hydrogen) atoms. The average Bonchev–Trinajstić information content (AvgIpc) is 3.34. The van der Waals surface area contributed by atoms with E-state index in [1.54, 1.807) is 31.4 Å². The van der Waals surface area contributed by atoms with Crippen molar-refractivity contribution in [3.8, 4) is 28.2 Å². The van der Waals surface area contributed by atoms with Gasteiger partial charge >= 0.3 is 0 Å². The lowest BCUT2D eigenvalue weighted by atomic mass is 9.99. The second-order valence-electron chi connectivity index (χ2n) is 9.17. The molecule has 0 bridgehead atoms. The number of carbonyl (C=O) groups is 1. The fourth-order valence-electron chi connectivity index (χ4n) is 4.50. The van der Waals surface area contributed by atoms with Crippen LogP contribution < -0.4 is 14.8 Å². The molecular formula is C31H27FN2O5S. The zero-order valence-electron chi connectivity index (χ0n) is 21.9. The molecule has 0 aliphatic carbocycles. The maximum Gasteiger partial charge on any atom is 0.255 e.